The van der Waals surface area contributed by atoms with Crippen molar-refractivity contribution in [2.45, 2.75) is 18.6 Å². The van der Waals surface area contributed by atoms with Crippen LogP contribution in [0, 0.1) is 0 Å². The van der Waals surface area contributed by atoms with Gasteiger partial charge in [-0.05, 0) is 18.2 Å². The summed E-state index contributed by atoms with van der Waals surface area (Å²) >= 11 is 0. The normalized spacial score (nSPS) is 13.2. The van der Waals surface area contributed by atoms with E-state index in [1.807, 2.05) is 0 Å². The molecule has 0 atom stereocenters. The van der Waals surface area contributed by atoms with E-state index in [0.717, 1.165) is 0 Å². The Morgan fingerprint density at radius 3 is 1.76 bits per heavy atom. The molecule has 0 saturated heterocycles. The molecule has 17 heavy (non-hydrogen) atoms. The number of rotatable bonds is 1. The third-order valence-corrected chi connectivity index (χ3v) is 1.96. The highest BCUT2D eigenvalue weighted by Crippen LogP contribution is 2.38. The summed E-state index contributed by atoms with van der Waals surface area (Å²) in [5.74, 6) is 0. The third-order valence-electron chi connectivity index (χ3n) is 1.96. The van der Waals surface area contributed by atoms with Gasteiger partial charge in [-0.2, -0.15) is 26.3 Å². The third kappa shape index (κ3) is 3.10. The fourth-order valence-corrected chi connectivity index (χ4v) is 1.21. The van der Waals surface area contributed by atoms with Crippen molar-refractivity contribution in [3.8, 4) is 0 Å². The van der Waals surface area contributed by atoms with Crippen molar-refractivity contribution >= 4 is 0 Å². The molecule has 0 aromatic heterocycles. The maximum Gasteiger partial charge on any atom is 0.416 e. The lowest BCUT2D eigenvalue weighted by molar-refractivity contribution is -0.145. The summed E-state index contributed by atoms with van der Waals surface area (Å²) in [7, 11) is 0. The van der Waals surface area contributed by atoms with Crippen molar-refractivity contribution in [3.05, 3.63) is 34.9 Å². The summed E-state index contributed by atoms with van der Waals surface area (Å²) in [5.41, 5.74) is -4.12. The van der Waals surface area contributed by atoms with Gasteiger partial charge in [-0.1, -0.05) is 0 Å². The Morgan fingerprint density at radius 2 is 1.41 bits per heavy atom. The summed E-state index contributed by atoms with van der Waals surface area (Å²) in [5, 5.41) is 17.3. The number of alkyl halides is 6. The molecule has 0 heterocycles. The highest BCUT2D eigenvalue weighted by atomic mass is 19.4. The molecule has 0 spiro atoms. The van der Waals surface area contributed by atoms with Crippen LogP contribution < -0.4 is 0 Å². The molecule has 2 N–H and O–H groups in total. The van der Waals surface area contributed by atoms with Crippen LogP contribution in [-0.4, -0.2) is 10.2 Å². The van der Waals surface area contributed by atoms with E-state index in [2.05, 4.69) is 0 Å². The summed E-state index contributed by atoms with van der Waals surface area (Å²) in [6.45, 7) is 0. The molecule has 1 rings (SSSR count). The van der Waals surface area contributed by atoms with Crippen molar-refractivity contribution in [2.75, 3.05) is 0 Å². The Bertz CT molecular complexity index is 407. The van der Waals surface area contributed by atoms with Crippen molar-refractivity contribution in [1.82, 2.24) is 0 Å². The first kappa shape index (κ1) is 13.8. The summed E-state index contributed by atoms with van der Waals surface area (Å²) in [6, 6.07) is 0.458. The maximum absolute atomic E-state index is 12.3. The monoisotopic (exact) mass is 260 g/mol. The van der Waals surface area contributed by atoms with E-state index in [9.17, 15) is 26.3 Å². The molecule has 1 aromatic carbocycles. The minimum Gasteiger partial charge on any atom is -0.364 e. The number of aliphatic hydroxyl groups excluding tert-OH is 1. The van der Waals surface area contributed by atoms with Gasteiger partial charge in [-0.15, -0.1) is 0 Å². The molecule has 96 valence electrons. The second-order valence-electron chi connectivity index (χ2n) is 3.17. The van der Waals surface area contributed by atoms with Crippen LogP contribution in [-0.2, 0) is 12.4 Å². The number of benzene rings is 1. The quantitative estimate of drug-likeness (QED) is 0.602. The average Bonchev–Trinajstić information content (AvgIpc) is 2.14. The first-order valence-corrected chi connectivity index (χ1v) is 4.18. The van der Waals surface area contributed by atoms with Gasteiger partial charge >= 0.3 is 12.4 Å². The number of hydrogen-bond acceptors (Lipinski definition) is 2. The zero-order valence-corrected chi connectivity index (χ0v) is 7.97. The van der Waals surface area contributed by atoms with Gasteiger partial charge in [0.05, 0.1) is 11.1 Å². The number of hydrogen-bond donors (Lipinski definition) is 2. The van der Waals surface area contributed by atoms with Gasteiger partial charge in [0, 0.05) is 5.56 Å². The zero-order valence-electron chi connectivity index (χ0n) is 7.97. The van der Waals surface area contributed by atoms with Crippen LogP contribution in [0.3, 0.4) is 0 Å². The van der Waals surface area contributed by atoms with Crippen LogP contribution in [0.15, 0.2) is 18.2 Å². The van der Waals surface area contributed by atoms with E-state index in [1.165, 1.54) is 0 Å². The van der Waals surface area contributed by atoms with Crippen LogP contribution in [0.5, 0.6) is 0 Å². The summed E-state index contributed by atoms with van der Waals surface area (Å²) < 4.78 is 73.6. The van der Waals surface area contributed by atoms with Gasteiger partial charge in [0.25, 0.3) is 0 Å². The lowest BCUT2D eigenvalue weighted by Gasteiger charge is -2.16. The van der Waals surface area contributed by atoms with Crippen LogP contribution in [0.25, 0.3) is 0 Å². The van der Waals surface area contributed by atoms with E-state index in [0.29, 0.717) is 0 Å². The van der Waals surface area contributed by atoms with Crippen LogP contribution >= 0.6 is 0 Å². The second-order valence-corrected chi connectivity index (χ2v) is 3.17. The highest BCUT2D eigenvalue weighted by molar-refractivity contribution is 5.36. The van der Waals surface area contributed by atoms with E-state index >= 15 is 0 Å². The minimum absolute atomic E-state index is 0.0630. The molecule has 0 amide bonds. The molecule has 0 bridgehead atoms. The molecule has 0 aliphatic rings. The maximum atomic E-state index is 12.3. The Labute approximate surface area is 91.1 Å². The molecule has 0 unspecified atom stereocenters. The largest absolute Gasteiger partial charge is 0.416 e. The molecule has 0 aliphatic carbocycles. The Hall–Kier alpha value is -1.28. The minimum atomic E-state index is -4.96. The van der Waals surface area contributed by atoms with Gasteiger partial charge in [0.1, 0.15) is 0 Å². The number of halogens is 6. The zero-order chi connectivity index (χ0) is 13.4. The topological polar surface area (TPSA) is 40.5 Å². The SMILES string of the molecule is OC(O)c1cc(C(F)(F)F)ccc1C(F)(F)F. The summed E-state index contributed by atoms with van der Waals surface area (Å²) in [6.07, 6.45) is -12.4. The van der Waals surface area contributed by atoms with Gasteiger partial charge in [-0.25, -0.2) is 0 Å². The Morgan fingerprint density at radius 1 is 0.882 bits per heavy atom. The molecule has 0 radical (unpaired) electrons. The van der Waals surface area contributed by atoms with Crippen molar-refractivity contribution < 1.29 is 36.6 Å². The van der Waals surface area contributed by atoms with Gasteiger partial charge in [-0.3, -0.25) is 0 Å². The molecule has 8 heteroatoms. The molecule has 2 nitrogen and oxygen atoms in total. The van der Waals surface area contributed by atoms with Crippen LogP contribution in [0.1, 0.15) is 23.0 Å². The second kappa shape index (κ2) is 4.19. The fourth-order valence-electron chi connectivity index (χ4n) is 1.21. The summed E-state index contributed by atoms with van der Waals surface area (Å²) in [4.78, 5) is 0. The Balaban J connectivity index is 3.38. The van der Waals surface area contributed by atoms with Crippen LogP contribution in [0.4, 0.5) is 26.3 Å². The van der Waals surface area contributed by atoms with Gasteiger partial charge < -0.3 is 10.2 Å². The van der Waals surface area contributed by atoms with Crippen LogP contribution in [0.2, 0.25) is 0 Å². The molecule has 0 aliphatic heterocycles. The molecule has 1 aromatic rings. The first-order chi connectivity index (χ1) is 7.53. The lowest BCUT2D eigenvalue weighted by atomic mass is 10.0. The molecular weight excluding hydrogens is 254 g/mol. The Kier molecular flexibility index (Phi) is 3.40. The van der Waals surface area contributed by atoms with Crippen molar-refractivity contribution in [2.24, 2.45) is 0 Å². The molecule has 0 fully saturated rings. The van der Waals surface area contributed by atoms with Gasteiger partial charge in [0.15, 0.2) is 6.29 Å². The van der Waals surface area contributed by atoms with E-state index in [1.54, 1.807) is 0 Å². The lowest BCUT2D eigenvalue weighted by Crippen LogP contribution is -2.14. The van der Waals surface area contributed by atoms with E-state index in [-0.39, 0.29) is 18.2 Å². The van der Waals surface area contributed by atoms with Crippen molar-refractivity contribution in [3.63, 3.8) is 0 Å². The first-order valence-electron chi connectivity index (χ1n) is 4.18. The molecule has 0 saturated carbocycles. The fraction of sp³-hybridized carbons (Fsp3) is 0.333. The smallest absolute Gasteiger partial charge is 0.364 e. The highest BCUT2D eigenvalue weighted by Gasteiger charge is 2.38. The van der Waals surface area contributed by atoms with E-state index in [4.69, 9.17) is 10.2 Å². The van der Waals surface area contributed by atoms with Crippen molar-refractivity contribution in [1.29, 1.82) is 0 Å². The molecular formula is C9H6F6O2. The predicted octanol–water partition coefficient (Wildman–Crippen LogP) is 2.71. The predicted molar refractivity (Wildman–Crippen MR) is 43.6 cm³/mol. The average molecular weight is 260 g/mol. The standard InChI is InChI=1S/C9H6F6O2/c10-8(11,12)4-1-2-6(9(13,14)15)5(3-4)7(16)17/h1-3,7,16-17H. The number of aliphatic hydroxyl groups is 2. The van der Waals surface area contributed by atoms with E-state index < -0.39 is 35.3 Å². The van der Waals surface area contributed by atoms with Gasteiger partial charge in [0.2, 0.25) is 0 Å².